The molecule has 2 aromatic carbocycles. The van der Waals surface area contributed by atoms with Gasteiger partial charge in [0, 0.05) is 33.1 Å². The highest BCUT2D eigenvalue weighted by Crippen LogP contribution is 2.49. The molecule has 11 atom stereocenters. The average molecular weight is 1260 g/mol. The first kappa shape index (κ1) is 68.3. The molecule has 8 amide bonds. The Morgan fingerprint density at radius 1 is 0.614 bits per heavy atom. The molecular formula is C66H98N8O12S2. The molecule has 4 fully saturated rings. The molecule has 5 N–H and O–H groups in total. The van der Waals surface area contributed by atoms with E-state index in [0.717, 1.165) is 73.6 Å². The fraction of sp³-hybridized carbons (Fsp3) is 0.697. The van der Waals surface area contributed by atoms with Gasteiger partial charge in [0.1, 0.15) is 48.0 Å². The molecule has 2 aromatic rings. The SMILES string of the molecule is C[C@H](NC(=O)OC(C)(C)C)C(=O)N[C@H]1CCS[C@H]2CC(C)(C)[C@@H](C(=O)N[C@H]3c4ccccc4C[C@H]3OCCCCCCCCCCO[C@@H]3Cc4ccccc4C3NC(=O)[C@H]3N4C(=O)[C@@H](NC(=O)CN(C)C(=O)OC(C)(C)C)CCS[C@H]4CC3(C)C)N2C1=O. The number of hydrogen-bond donors (Lipinski definition) is 5. The fourth-order valence-electron chi connectivity index (χ4n) is 13.4. The Morgan fingerprint density at radius 3 is 1.48 bits per heavy atom. The van der Waals surface area contributed by atoms with Gasteiger partial charge in [-0.25, -0.2) is 9.59 Å². The molecule has 0 spiro atoms. The van der Waals surface area contributed by atoms with Crippen LogP contribution in [0, 0.1) is 10.8 Å². The molecule has 6 aliphatic rings. The number of likely N-dealkylation sites (N-methyl/N-ethyl adjacent to an activating group) is 1. The number of hydrogen-bond acceptors (Lipinski definition) is 14. The molecule has 4 aliphatic heterocycles. The maximum Gasteiger partial charge on any atom is 0.410 e. The van der Waals surface area contributed by atoms with E-state index in [-0.39, 0.29) is 53.1 Å². The first-order valence-electron chi connectivity index (χ1n) is 31.9. The lowest BCUT2D eigenvalue weighted by atomic mass is 9.83. The number of thioether (sulfide) groups is 2. The minimum atomic E-state index is -0.950. The van der Waals surface area contributed by atoms with E-state index in [1.807, 2.05) is 64.1 Å². The third-order valence-corrected chi connectivity index (χ3v) is 20.1. The van der Waals surface area contributed by atoms with E-state index >= 15 is 0 Å². The van der Waals surface area contributed by atoms with Crippen LogP contribution in [0.25, 0.3) is 0 Å². The van der Waals surface area contributed by atoms with Crippen LogP contribution in [0.3, 0.4) is 0 Å². The van der Waals surface area contributed by atoms with Crippen molar-refractivity contribution in [2.45, 2.75) is 243 Å². The standard InChI is InChI=1S/C66H98N8O12S2/c1-40(67-61(81)85-63(2,3)4)56(76)69-46-30-34-88-51-38-66(10,11)55(74(51)60(46)80)58(78)71-53-44-28-22-20-26-42(44)36-48(53)84-32-24-18-16-14-13-15-17-23-31-83-47-35-41-25-19-21-27-43(41)52(47)70-57(77)54-65(8,9)37-50-73(54)59(79)45(29-33-87-50)68-49(75)39-72(12)62(82)86-64(5,6)7/h19-22,25-28,40,45-48,50-55H,13-18,23-24,29-39H2,1-12H3,(H,67,81)(H,68,75)(H,69,76)(H,70,77)(H,71,78)/t40-,45-,46-,47+,48+,50-,51-,52?,53-,54+,55+/m0/s1. The van der Waals surface area contributed by atoms with Crippen molar-refractivity contribution in [1.29, 1.82) is 0 Å². The van der Waals surface area contributed by atoms with Crippen molar-refractivity contribution in [3.63, 3.8) is 0 Å². The van der Waals surface area contributed by atoms with Gasteiger partial charge < -0.3 is 60.2 Å². The van der Waals surface area contributed by atoms with Gasteiger partial charge in [-0.15, -0.1) is 23.5 Å². The van der Waals surface area contributed by atoms with Gasteiger partial charge in [-0.05, 0) is 132 Å². The van der Waals surface area contributed by atoms with Crippen LogP contribution in [0.1, 0.15) is 188 Å². The maximum atomic E-state index is 14.7. The van der Waals surface area contributed by atoms with Gasteiger partial charge in [0.2, 0.25) is 35.4 Å². The molecule has 1 unspecified atom stereocenters. The van der Waals surface area contributed by atoms with Gasteiger partial charge in [-0.2, -0.15) is 0 Å². The van der Waals surface area contributed by atoms with E-state index in [1.54, 1.807) is 81.8 Å². The topological polar surface area (TPSA) is 243 Å². The Hall–Kier alpha value is -5.58. The van der Waals surface area contributed by atoms with E-state index in [0.29, 0.717) is 63.2 Å². The van der Waals surface area contributed by atoms with E-state index in [2.05, 4.69) is 38.7 Å². The second kappa shape index (κ2) is 29.1. The lowest BCUT2D eigenvalue weighted by Crippen LogP contribution is -2.58. The van der Waals surface area contributed by atoms with Crippen LogP contribution >= 0.6 is 23.5 Å². The summed E-state index contributed by atoms with van der Waals surface area (Å²) < 4.78 is 23.9. The minimum Gasteiger partial charge on any atom is -0.444 e. The van der Waals surface area contributed by atoms with E-state index in [4.69, 9.17) is 18.9 Å². The predicted octanol–water partition coefficient (Wildman–Crippen LogP) is 8.63. The molecule has 4 heterocycles. The Bertz CT molecular complexity index is 2840. The van der Waals surface area contributed by atoms with Crippen molar-refractivity contribution < 1.29 is 57.3 Å². The zero-order valence-electron chi connectivity index (χ0n) is 54.0. The van der Waals surface area contributed by atoms with Gasteiger partial charge in [0.25, 0.3) is 0 Å². The molecule has 486 valence electrons. The molecule has 0 saturated carbocycles. The highest BCUT2D eigenvalue weighted by molar-refractivity contribution is 8.00. The molecular weight excluding hydrogens is 1160 g/mol. The molecule has 8 rings (SSSR count). The molecule has 0 radical (unpaired) electrons. The number of carbonyl (C=O) groups is 8. The van der Waals surface area contributed by atoms with Crippen molar-refractivity contribution >= 4 is 71.2 Å². The number of rotatable bonds is 23. The largest absolute Gasteiger partial charge is 0.444 e. The molecule has 0 bridgehead atoms. The Balaban J connectivity index is 0.762. The number of benzene rings is 2. The Kier molecular flexibility index (Phi) is 22.6. The number of fused-ring (bicyclic) bond motifs is 4. The van der Waals surface area contributed by atoms with Crippen molar-refractivity contribution in [3.05, 3.63) is 70.8 Å². The number of ether oxygens (including phenoxy) is 4. The quantitative estimate of drug-likeness (QED) is 0.0655. The summed E-state index contributed by atoms with van der Waals surface area (Å²) in [4.78, 5) is 114. The van der Waals surface area contributed by atoms with Gasteiger partial charge in [0.05, 0.1) is 35.0 Å². The third kappa shape index (κ3) is 17.3. The predicted molar refractivity (Wildman–Crippen MR) is 340 cm³/mol. The van der Waals surface area contributed by atoms with Crippen LogP contribution in [-0.4, -0.2) is 165 Å². The summed E-state index contributed by atoms with van der Waals surface area (Å²) in [6.45, 7) is 21.0. The maximum absolute atomic E-state index is 14.7. The molecule has 88 heavy (non-hydrogen) atoms. The van der Waals surface area contributed by atoms with E-state index < -0.39 is 88.3 Å². The fourth-order valence-corrected chi connectivity index (χ4v) is 16.5. The van der Waals surface area contributed by atoms with Crippen LogP contribution in [0.5, 0.6) is 0 Å². The highest BCUT2D eigenvalue weighted by atomic mass is 32.2. The van der Waals surface area contributed by atoms with Crippen molar-refractivity contribution in [1.82, 2.24) is 41.3 Å². The van der Waals surface area contributed by atoms with Gasteiger partial charge in [-0.3, -0.25) is 28.8 Å². The molecule has 4 saturated heterocycles. The third-order valence-electron chi connectivity index (χ3n) is 17.6. The summed E-state index contributed by atoms with van der Waals surface area (Å²) in [6.07, 6.45) is 9.65. The normalized spacial score (nSPS) is 26.5. The molecule has 0 aromatic heterocycles. The van der Waals surface area contributed by atoms with Gasteiger partial charge in [0.15, 0.2) is 0 Å². The first-order chi connectivity index (χ1) is 41.5. The van der Waals surface area contributed by atoms with Crippen LogP contribution in [0.2, 0.25) is 0 Å². The zero-order chi connectivity index (χ0) is 63.9. The lowest BCUT2D eigenvalue weighted by molar-refractivity contribution is -0.144. The van der Waals surface area contributed by atoms with Crippen LogP contribution in [0.4, 0.5) is 9.59 Å². The van der Waals surface area contributed by atoms with Crippen molar-refractivity contribution in [3.8, 4) is 0 Å². The summed E-state index contributed by atoms with van der Waals surface area (Å²) in [5, 5.41) is 14.5. The van der Waals surface area contributed by atoms with E-state index in [9.17, 15) is 38.4 Å². The first-order valence-corrected chi connectivity index (χ1v) is 34.0. The number of amides is 8. The second-order valence-electron chi connectivity index (χ2n) is 28.2. The molecule has 22 heteroatoms. The van der Waals surface area contributed by atoms with Crippen LogP contribution in [-0.2, 0) is 60.6 Å². The minimum absolute atomic E-state index is 0.227. The Labute approximate surface area is 529 Å². The van der Waals surface area contributed by atoms with Gasteiger partial charge >= 0.3 is 12.2 Å². The zero-order valence-corrected chi connectivity index (χ0v) is 55.6. The van der Waals surface area contributed by atoms with Crippen molar-refractivity contribution in [2.75, 3.05) is 38.3 Å². The Morgan fingerprint density at radius 2 is 1.03 bits per heavy atom. The smallest absolute Gasteiger partial charge is 0.410 e. The summed E-state index contributed by atoms with van der Waals surface area (Å²) >= 11 is 3.26. The lowest BCUT2D eigenvalue weighted by Gasteiger charge is -2.35. The number of unbranched alkanes of at least 4 members (excludes halogenated alkanes) is 7. The number of nitrogens with zero attached hydrogens (tertiary/aromatic N) is 3. The monoisotopic (exact) mass is 1260 g/mol. The molecule has 20 nitrogen and oxygen atoms in total. The van der Waals surface area contributed by atoms with Gasteiger partial charge in [-0.1, -0.05) is 115 Å². The summed E-state index contributed by atoms with van der Waals surface area (Å²) in [5.41, 5.74) is 1.73. The average Bonchev–Trinajstić information content (AvgIpc) is 1.66. The summed E-state index contributed by atoms with van der Waals surface area (Å²) in [7, 11) is 1.48. The summed E-state index contributed by atoms with van der Waals surface area (Å²) in [5.74, 6) is -0.839. The van der Waals surface area contributed by atoms with Crippen LogP contribution < -0.4 is 26.6 Å². The summed E-state index contributed by atoms with van der Waals surface area (Å²) in [6, 6.07) is 11.2. The number of nitrogens with one attached hydrogen (secondary N) is 5. The number of alkyl carbamates (subject to hydrolysis) is 1. The van der Waals surface area contributed by atoms with Crippen molar-refractivity contribution in [2.24, 2.45) is 10.8 Å². The van der Waals surface area contributed by atoms with E-state index in [1.165, 1.54) is 11.9 Å². The number of carbonyl (C=O) groups excluding carboxylic acids is 8. The van der Waals surface area contributed by atoms with Crippen LogP contribution in [0.15, 0.2) is 48.5 Å². The molecule has 2 aliphatic carbocycles. The second-order valence-corrected chi connectivity index (χ2v) is 30.8. The highest BCUT2D eigenvalue weighted by Gasteiger charge is 2.57.